The molecule has 0 radical (unpaired) electrons. The smallest absolute Gasteiger partial charge is 0.276 e. The van der Waals surface area contributed by atoms with Crippen LogP contribution in [0.2, 0.25) is 0 Å². The number of benzene rings is 2. The van der Waals surface area contributed by atoms with Gasteiger partial charge in [-0.1, -0.05) is 5.16 Å². The lowest BCUT2D eigenvalue weighted by atomic mass is 10.0. The van der Waals surface area contributed by atoms with E-state index < -0.39 is 0 Å². The summed E-state index contributed by atoms with van der Waals surface area (Å²) in [6.45, 7) is 0.628. The number of methoxy groups -OCH3 is 4. The number of hydrogen-bond donors (Lipinski definition) is 0. The quantitative estimate of drug-likeness (QED) is 0.542. The molecule has 1 atom stereocenters. The summed E-state index contributed by atoms with van der Waals surface area (Å²) in [6.07, 6.45) is 1.73. The molecule has 1 saturated heterocycles. The number of hydrogen-bond acceptors (Lipinski definition) is 7. The molecule has 3 aromatic rings. The molecule has 1 amide bonds. The molecule has 8 heteroatoms. The van der Waals surface area contributed by atoms with Gasteiger partial charge in [-0.2, -0.15) is 0 Å². The van der Waals surface area contributed by atoms with E-state index in [-0.39, 0.29) is 17.6 Å². The summed E-state index contributed by atoms with van der Waals surface area (Å²) in [5, 5.41) is 4.05. The Morgan fingerprint density at radius 2 is 1.66 bits per heavy atom. The normalized spacial score (nSPS) is 15.5. The van der Waals surface area contributed by atoms with E-state index in [1.54, 1.807) is 52.7 Å². The van der Waals surface area contributed by atoms with Crippen molar-refractivity contribution in [3.8, 4) is 34.3 Å². The van der Waals surface area contributed by atoms with Crippen molar-refractivity contribution in [3.63, 3.8) is 0 Å². The monoisotopic (exact) mass is 438 g/mol. The zero-order chi connectivity index (χ0) is 22.7. The van der Waals surface area contributed by atoms with Crippen molar-refractivity contribution in [2.75, 3.05) is 35.0 Å². The Balaban J connectivity index is 1.63. The summed E-state index contributed by atoms with van der Waals surface area (Å²) in [7, 11) is 6.39. The molecule has 1 aliphatic heterocycles. The molecule has 0 saturated carbocycles. The van der Waals surface area contributed by atoms with E-state index in [1.807, 2.05) is 23.1 Å². The third-order valence-corrected chi connectivity index (χ3v) is 5.71. The molecule has 32 heavy (non-hydrogen) atoms. The number of likely N-dealkylation sites (tertiary alicyclic amines) is 1. The van der Waals surface area contributed by atoms with Crippen LogP contribution in [0.1, 0.15) is 34.9 Å². The van der Waals surface area contributed by atoms with Gasteiger partial charge in [0.25, 0.3) is 5.91 Å². The molecular formula is C24H26N2O6. The van der Waals surface area contributed by atoms with E-state index in [4.69, 9.17) is 23.5 Å². The minimum atomic E-state index is -0.192. The van der Waals surface area contributed by atoms with Crippen molar-refractivity contribution in [3.05, 3.63) is 53.7 Å². The van der Waals surface area contributed by atoms with Gasteiger partial charge in [0.15, 0.2) is 11.5 Å². The van der Waals surface area contributed by atoms with Crippen molar-refractivity contribution >= 4 is 5.91 Å². The average Bonchev–Trinajstić information content (AvgIpc) is 3.53. The van der Waals surface area contributed by atoms with Crippen molar-refractivity contribution < 1.29 is 28.3 Å². The first-order valence-corrected chi connectivity index (χ1v) is 10.3. The predicted octanol–water partition coefficient (Wildman–Crippen LogP) is 4.35. The maximum absolute atomic E-state index is 13.4. The number of carbonyl (C=O) groups excluding carboxylic acids is 1. The number of nitrogens with zero attached hydrogens (tertiary/aromatic N) is 2. The van der Waals surface area contributed by atoms with Crippen LogP contribution in [0.15, 0.2) is 47.0 Å². The molecule has 168 valence electrons. The average molecular weight is 438 g/mol. The molecule has 4 rings (SSSR count). The summed E-state index contributed by atoms with van der Waals surface area (Å²) >= 11 is 0. The van der Waals surface area contributed by atoms with Gasteiger partial charge < -0.3 is 28.4 Å². The van der Waals surface area contributed by atoms with Gasteiger partial charge in [-0.3, -0.25) is 4.79 Å². The topological polar surface area (TPSA) is 83.3 Å². The molecule has 2 aromatic carbocycles. The Morgan fingerprint density at radius 1 is 0.938 bits per heavy atom. The fraction of sp³-hybridized carbons (Fsp3) is 0.333. The van der Waals surface area contributed by atoms with Gasteiger partial charge in [0.05, 0.1) is 40.0 Å². The summed E-state index contributed by atoms with van der Waals surface area (Å²) < 4.78 is 27.1. The highest BCUT2D eigenvalue weighted by molar-refractivity contribution is 5.94. The molecule has 1 aromatic heterocycles. The number of amides is 1. The van der Waals surface area contributed by atoms with Gasteiger partial charge in [-0.15, -0.1) is 0 Å². The minimum absolute atomic E-state index is 0.116. The second kappa shape index (κ2) is 9.21. The van der Waals surface area contributed by atoms with Crippen LogP contribution in [0.5, 0.6) is 23.0 Å². The largest absolute Gasteiger partial charge is 0.497 e. The predicted molar refractivity (Wildman–Crippen MR) is 118 cm³/mol. The number of carbonyl (C=O) groups is 1. The first-order chi connectivity index (χ1) is 15.6. The molecule has 2 heterocycles. The molecule has 0 spiro atoms. The van der Waals surface area contributed by atoms with Gasteiger partial charge in [0.1, 0.15) is 23.0 Å². The highest BCUT2D eigenvalue weighted by Crippen LogP contribution is 2.40. The van der Waals surface area contributed by atoms with Gasteiger partial charge in [0, 0.05) is 24.2 Å². The molecule has 8 nitrogen and oxygen atoms in total. The molecular weight excluding hydrogens is 412 g/mol. The number of rotatable bonds is 7. The van der Waals surface area contributed by atoms with Crippen LogP contribution in [0, 0.1) is 0 Å². The number of ether oxygens (including phenoxy) is 4. The van der Waals surface area contributed by atoms with E-state index in [9.17, 15) is 4.79 Å². The zero-order valence-electron chi connectivity index (χ0n) is 18.6. The first kappa shape index (κ1) is 21.5. The van der Waals surface area contributed by atoms with Crippen molar-refractivity contribution in [1.82, 2.24) is 10.1 Å². The molecule has 1 unspecified atom stereocenters. The summed E-state index contributed by atoms with van der Waals surface area (Å²) in [5.41, 5.74) is 1.84. The Bertz CT molecular complexity index is 1110. The highest BCUT2D eigenvalue weighted by Gasteiger charge is 2.34. The van der Waals surface area contributed by atoms with Gasteiger partial charge >= 0.3 is 0 Å². The summed E-state index contributed by atoms with van der Waals surface area (Å²) in [6, 6.07) is 12.5. The summed E-state index contributed by atoms with van der Waals surface area (Å²) in [4.78, 5) is 15.2. The Kier molecular flexibility index (Phi) is 6.20. The third kappa shape index (κ3) is 3.95. The Labute approximate surface area is 186 Å². The van der Waals surface area contributed by atoms with E-state index >= 15 is 0 Å². The second-order valence-electron chi connectivity index (χ2n) is 7.41. The van der Waals surface area contributed by atoms with Crippen molar-refractivity contribution in [2.45, 2.75) is 18.9 Å². The maximum Gasteiger partial charge on any atom is 0.276 e. The van der Waals surface area contributed by atoms with E-state index in [1.165, 1.54) is 0 Å². The zero-order valence-corrected chi connectivity index (χ0v) is 18.6. The lowest BCUT2D eigenvalue weighted by Gasteiger charge is -2.25. The van der Waals surface area contributed by atoms with Crippen LogP contribution in [-0.2, 0) is 0 Å². The van der Waals surface area contributed by atoms with Crippen LogP contribution in [0.4, 0.5) is 0 Å². The van der Waals surface area contributed by atoms with E-state index in [2.05, 4.69) is 5.16 Å². The van der Waals surface area contributed by atoms with Crippen molar-refractivity contribution in [2.24, 2.45) is 0 Å². The fourth-order valence-corrected chi connectivity index (χ4v) is 4.08. The van der Waals surface area contributed by atoms with Gasteiger partial charge in [-0.05, 0) is 43.2 Å². The van der Waals surface area contributed by atoms with Crippen LogP contribution in [0.3, 0.4) is 0 Å². The van der Waals surface area contributed by atoms with E-state index in [0.717, 1.165) is 18.4 Å². The Hall–Kier alpha value is -3.68. The second-order valence-corrected chi connectivity index (χ2v) is 7.41. The highest BCUT2D eigenvalue weighted by atomic mass is 16.5. The molecule has 1 fully saturated rings. The van der Waals surface area contributed by atoms with Crippen LogP contribution < -0.4 is 18.9 Å². The molecule has 0 N–H and O–H groups in total. The lowest BCUT2D eigenvalue weighted by Crippen LogP contribution is -2.31. The molecule has 0 aliphatic carbocycles. The third-order valence-electron chi connectivity index (χ3n) is 5.71. The van der Waals surface area contributed by atoms with Crippen LogP contribution in [0.25, 0.3) is 11.3 Å². The lowest BCUT2D eigenvalue weighted by molar-refractivity contribution is 0.0723. The first-order valence-electron chi connectivity index (χ1n) is 10.3. The molecule has 0 bridgehead atoms. The molecule has 1 aliphatic rings. The Morgan fingerprint density at radius 3 is 2.38 bits per heavy atom. The van der Waals surface area contributed by atoms with Crippen LogP contribution in [-0.4, -0.2) is 50.9 Å². The van der Waals surface area contributed by atoms with Gasteiger partial charge in [-0.25, -0.2) is 0 Å². The minimum Gasteiger partial charge on any atom is -0.497 e. The fourth-order valence-electron chi connectivity index (χ4n) is 4.08. The van der Waals surface area contributed by atoms with E-state index in [0.29, 0.717) is 40.9 Å². The van der Waals surface area contributed by atoms with Crippen molar-refractivity contribution in [1.29, 1.82) is 0 Å². The SMILES string of the molecule is COc1ccc(C2CCCN2C(=O)c2cc(-c3cc(OC)ccc3OC)on2)c(OC)c1. The number of aromatic nitrogens is 1. The maximum atomic E-state index is 13.4. The standard InChI is InChI=1S/C24H26N2O6/c1-28-15-8-10-21(30-3)18(12-15)23-14-19(25-32-23)24(27)26-11-5-6-20(26)17-9-7-16(29-2)13-22(17)31-4/h7-10,12-14,20H,5-6,11H2,1-4H3. The van der Waals surface area contributed by atoms with Crippen LogP contribution >= 0.6 is 0 Å². The summed E-state index contributed by atoms with van der Waals surface area (Å²) in [5.74, 6) is 2.88. The van der Waals surface area contributed by atoms with Gasteiger partial charge in [0.2, 0.25) is 0 Å².